The molecule has 108 valence electrons. The van der Waals surface area contributed by atoms with Crippen molar-refractivity contribution in [1.82, 2.24) is 5.32 Å². The van der Waals surface area contributed by atoms with Gasteiger partial charge in [0.15, 0.2) is 12.4 Å². The second-order valence-electron chi connectivity index (χ2n) is 4.32. The van der Waals surface area contributed by atoms with Crippen LogP contribution in [0.15, 0.2) is 48.5 Å². The molecule has 0 saturated heterocycles. The smallest absolute Gasteiger partial charge is 0.257 e. The first-order chi connectivity index (χ1) is 10.1. The lowest BCUT2D eigenvalue weighted by atomic mass is 10.0. The lowest BCUT2D eigenvalue weighted by Gasteiger charge is -2.06. The molecule has 0 aromatic heterocycles. The SMILES string of the molecule is CNC(=O)COc1ccc(C(=O)c2ccc(F)cc2)cc1. The Labute approximate surface area is 121 Å². The number of hydrogen-bond donors (Lipinski definition) is 1. The van der Waals surface area contributed by atoms with Gasteiger partial charge in [-0.3, -0.25) is 9.59 Å². The molecule has 0 fully saturated rings. The van der Waals surface area contributed by atoms with Gasteiger partial charge >= 0.3 is 0 Å². The minimum atomic E-state index is -0.385. The standard InChI is InChI=1S/C16H14FNO3/c1-18-15(19)10-21-14-8-4-12(5-9-14)16(20)11-2-6-13(17)7-3-11/h2-9H,10H2,1H3,(H,18,19). The summed E-state index contributed by atoms with van der Waals surface area (Å²) in [5.41, 5.74) is 0.879. The summed E-state index contributed by atoms with van der Waals surface area (Å²) >= 11 is 0. The Kier molecular flexibility index (Phi) is 4.66. The van der Waals surface area contributed by atoms with Gasteiger partial charge in [0.1, 0.15) is 11.6 Å². The molecule has 0 atom stereocenters. The molecule has 0 aliphatic rings. The number of halogens is 1. The van der Waals surface area contributed by atoms with Crippen LogP contribution in [0.4, 0.5) is 4.39 Å². The third kappa shape index (κ3) is 3.89. The fraction of sp³-hybridized carbons (Fsp3) is 0.125. The first-order valence-corrected chi connectivity index (χ1v) is 6.34. The van der Waals surface area contributed by atoms with Gasteiger partial charge in [-0.2, -0.15) is 0 Å². The van der Waals surface area contributed by atoms with Crippen LogP contribution in [0.2, 0.25) is 0 Å². The van der Waals surface area contributed by atoms with Gasteiger partial charge in [-0.15, -0.1) is 0 Å². The number of benzene rings is 2. The number of hydrogen-bond acceptors (Lipinski definition) is 3. The number of amides is 1. The fourth-order valence-corrected chi connectivity index (χ4v) is 1.69. The van der Waals surface area contributed by atoms with Crippen LogP contribution < -0.4 is 10.1 Å². The Hall–Kier alpha value is -2.69. The molecular weight excluding hydrogens is 273 g/mol. The van der Waals surface area contributed by atoms with Crippen LogP contribution >= 0.6 is 0 Å². The van der Waals surface area contributed by atoms with Crippen molar-refractivity contribution in [1.29, 1.82) is 0 Å². The van der Waals surface area contributed by atoms with Crippen LogP contribution in [0.1, 0.15) is 15.9 Å². The zero-order valence-electron chi connectivity index (χ0n) is 11.4. The zero-order valence-corrected chi connectivity index (χ0v) is 11.4. The van der Waals surface area contributed by atoms with Gasteiger partial charge in [-0.1, -0.05) is 0 Å². The number of carbonyl (C=O) groups is 2. The van der Waals surface area contributed by atoms with E-state index in [1.165, 1.54) is 31.3 Å². The molecule has 0 aliphatic heterocycles. The number of carbonyl (C=O) groups excluding carboxylic acids is 2. The molecule has 1 N–H and O–H groups in total. The van der Waals surface area contributed by atoms with Crippen molar-refractivity contribution in [3.63, 3.8) is 0 Å². The van der Waals surface area contributed by atoms with Crippen molar-refractivity contribution in [3.8, 4) is 5.75 Å². The maximum Gasteiger partial charge on any atom is 0.257 e. The maximum atomic E-state index is 12.8. The van der Waals surface area contributed by atoms with Crippen LogP contribution in [0.5, 0.6) is 5.75 Å². The molecule has 0 aliphatic carbocycles. The summed E-state index contributed by atoms with van der Waals surface area (Å²) in [6.07, 6.45) is 0. The number of nitrogens with one attached hydrogen (secondary N) is 1. The molecule has 1 amide bonds. The molecule has 0 saturated carbocycles. The second-order valence-corrected chi connectivity index (χ2v) is 4.32. The van der Waals surface area contributed by atoms with E-state index in [1.807, 2.05) is 0 Å². The first kappa shape index (κ1) is 14.7. The molecule has 0 unspecified atom stereocenters. The van der Waals surface area contributed by atoms with Gasteiger partial charge in [-0.05, 0) is 48.5 Å². The predicted molar refractivity (Wildman–Crippen MR) is 75.8 cm³/mol. The van der Waals surface area contributed by atoms with Crippen LogP contribution in [-0.4, -0.2) is 25.3 Å². The van der Waals surface area contributed by atoms with E-state index in [-0.39, 0.29) is 24.1 Å². The maximum absolute atomic E-state index is 12.8. The van der Waals surface area contributed by atoms with Crippen LogP contribution in [-0.2, 0) is 4.79 Å². The van der Waals surface area contributed by atoms with Crippen molar-refractivity contribution in [2.24, 2.45) is 0 Å². The number of rotatable bonds is 5. The third-order valence-corrected chi connectivity index (χ3v) is 2.87. The van der Waals surface area contributed by atoms with E-state index in [0.29, 0.717) is 16.9 Å². The summed E-state index contributed by atoms with van der Waals surface area (Å²) in [5.74, 6) is -0.326. The highest BCUT2D eigenvalue weighted by atomic mass is 19.1. The highest BCUT2D eigenvalue weighted by Crippen LogP contribution is 2.15. The van der Waals surface area contributed by atoms with E-state index < -0.39 is 0 Å². The summed E-state index contributed by atoms with van der Waals surface area (Å²) in [7, 11) is 1.52. The Balaban J connectivity index is 2.06. The number of likely N-dealkylation sites (N-methyl/N-ethyl adjacent to an activating group) is 1. The first-order valence-electron chi connectivity index (χ1n) is 6.34. The molecule has 0 radical (unpaired) electrons. The lowest BCUT2D eigenvalue weighted by Crippen LogP contribution is -2.24. The fourth-order valence-electron chi connectivity index (χ4n) is 1.69. The summed E-state index contributed by atoms with van der Waals surface area (Å²) in [6.45, 7) is -0.0816. The minimum Gasteiger partial charge on any atom is -0.484 e. The highest BCUT2D eigenvalue weighted by molar-refractivity contribution is 6.08. The average Bonchev–Trinajstić information content (AvgIpc) is 2.53. The predicted octanol–water partition coefficient (Wildman–Crippen LogP) is 2.18. The van der Waals surface area contributed by atoms with Gasteiger partial charge in [0.05, 0.1) is 0 Å². The zero-order chi connectivity index (χ0) is 15.2. The van der Waals surface area contributed by atoms with Crippen molar-refractivity contribution in [2.75, 3.05) is 13.7 Å². The average molecular weight is 287 g/mol. The summed E-state index contributed by atoms with van der Waals surface area (Å²) in [6, 6.07) is 11.8. The molecule has 5 heteroatoms. The van der Waals surface area contributed by atoms with Crippen LogP contribution in [0, 0.1) is 5.82 Å². The van der Waals surface area contributed by atoms with E-state index in [4.69, 9.17) is 4.74 Å². The summed E-state index contributed by atoms with van der Waals surface area (Å²) in [4.78, 5) is 23.2. The van der Waals surface area contributed by atoms with E-state index >= 15 is 0 Å². The normalized spacial score (nSPS) is 10.0. The van der Waals surface area contributed by atoms with Gasteiger partial charge in [0.2, 0.25) is 0 Å². The number of ether oxygens (including phenoxy) is 1. The summed E-state index contributed by atoms with van der Waals surface area (Å²) in [5, 5.41) is 2.44. The van der Waals surface area contributed by atoms with Gasteiger partial charge < -0.3 is 10.1 Å². The van der Waals surface area contributed by atoms with E-state index in [1.54, 1.807) is 24.3 Å². The molecule has 21 heavy (non-hydrogen) atoms. The van der Waals surface area contributed by atoms with Crippen molar-refractivity contribution in [3.05, 3.63) is 65.5 Å². The molecule has 0 spiro atoms. The van der Waals surface area contributed by atoms with E-state index in [2.05, 4.69) is 5.32 Å². The van der Waals surface area contributed by atoms with Crippen LogP contribution in [0.25, 0.3) is 0 Å². The molecule has 2 aromatic carbocycles. The van der Waals surface area contributed by atoms with Crippen molar-refractivity contribution < 1.29 is 18.7 Å². The molecule has 0 heterocycles. The molecule has 4 nitrogen and oxygen atoms in total. The van der Waals surface area contributed by atoms with Crippen molar-refractivity contribution >= 4 is 11.7 Å². The molecular formula is C16H14FNO3. The number of ketones is 1. The molecule has 0 bridgehead atoms. The van der Waals surface area contributed by atoms with Gasteiger partial charge in [-0.25, -0.2) is 4.39 Å². The van der Waals surface area contributed by atoms with Crippen LogP contribution in [0.3, 0.4) is 0 Å². The Morgan fingerprint density at radius 3 is 2.05 bits per heavy atom. The third-order valence-electron chi connectivity index (χ3n) is 2.87. The lowest BCUT2D eigenvalue weighted by molar-refractivity contribution is -0.122. The van der Waals surface area contributed by atoms with Crippen molar-refractivity contribution in [2.45, 2.75) is 0 Å². The molecule has 2 aromatic rings. The van der Waals surface area contributed by atoms with E-state index in [9.17, 15) is 14.0 Å². The monoisotopic (exact) mass is 287 g/mol. The minimum absolute atomic E-state index is 0.0816. The van der Waals surface area contributed by atoms with Gasteiger partial charge in [0, 0.05) is 18.2 Å². The Morgan fingerprint density at radius 2 is 1.52 bits per heavy atom. The van der Waals surface area contributed by atoms with Gasteiger partial charge in [0.25, 0.3) is 5.91 Å². The molecule has 2 rings (SSSR count). The second kappa shape index (κ2) is 6.65. The topological polar surface area (TPSA) is 55.4 Å². The summed E-state index contributed by atoms with van der Waals surface area (Å²) < 4.78 is 18.1. The Bertz CT molecular complexity index is 636. The largest absolute Gasteiger partial charge is 0.484 e. The Morgan fingerprint density at radius 1 is 1.00 bits per heavy atom. The van der Waals surface area contributed by atoms with E-state index in [0.717, 1.165) is 0 Å². The quantitative estimate of drug-likeness (QED) is 0.858. The highest BCUT2D eigenvalue weighted by Gasteiger charge is 2.09.